The summed E-state index contributed by atoms with van der Waals surface area (Å²) in [6, 6.07) is -0.641. The number of carboxylic acid groups (broad SMARTS) is 1. The molecular weight excluding hydrogens is 222 g/mol. The lowest BCUT2D eigenvalue weighted by Crippen LogP contribution is -2.32. The maximum absolute atomic E-state index is 10.4. The lowest BCUT2D eigenvalue weighted by atomic mass is 10.2. The van der Waals surface area contributed by atoms with Crippen LogP contribution in [0.25, 0.3) is 0 Å². The molecule has 1 amide bonds. The van der Waals surface area contributed by atoms with Crippen LogP contribution >= 0.6 is 0 Å². The van der Waals surface area contributed by atoms with Gasteiger partial charge in [-0.3, -0.25) is 4.79 Å². The number of carboxylic acids is 1. The fraction of sp³-hybridized carbons (Fsp3) is 0.636. The van der Waals surface area contributed by atoms with Gasteiger partial charge in [0, 0.05) is 32.4 Å². The summed E-state index contributed by atoms with van der Waals surface area (Å²) in [5.74, 6) is -1.11. The maximum Gasteiger partial charge on any atom is 0.326 e. The molecule has 1 fully saturated rings. The molecule has 1 unspecified atom stereocenters. The smallest absolute Gasteiger partial charge is 0.326 e. The van der Waals surface area contributed by atoms with E-state index in [0.717, 1.165) is 13.2 Å². The van der Waals surface area contributed by atoms with Crippen molar-refractivity contribution in [3.05, 3.63) is 12.4 Å². The Balaban J connectivity index is 0.000000171. The Morgan fingerprint density at radius 1 is 1.59 bits per heavy atom. The van der Waals surface area contributed by atoms with E-state index in [1.165, 1.54) is 0 Å². The van der Waals surface area contributed by atoms with Crippen LogP contribution in [0.2, 0.25) is 0 Å². The topological polar surface area (TPSA) is 72.9 Å². The molecule has 2 aliphatic rings. The van der Waals surface area contributed by atoms with E-state index in [0.29, 0.717) is 12.8 Å². The highest BCUT2D eigenvalue weighted by molar-refractivity contribution is 5.87. The third kappa shape index (κ3) is 4.34. The van der Waals surface area contributed by atoms with Crippen LogP contribution in [0.5, 0.6) is 0 Å². The number of rotatable bonds is 2. The predicted molar refractivity (Wildman–Crippen MR) is 63.0 cm³/mol. The maximum atomic E-state index is 10.4. The van der Waals surface area contributed by atoms with Crippen LogP contribution in [0.1, 0.15) is 19.8 Å². The second-order valence-electron chi connectivity index (χ2n) is 4.10. The minimum absolute atomic E-state index is 0.164. The molecule has 0 aromatic rings. The van der Waals surface area contributed by atoms with Gasteiger partial charge in [0.05, 0.1) is 6.67 Å². The van der Waals surface area contributed by atoms with Crippen LogP contribution in [0.15, 0.2) is 12.4 Å². The van der Waals surface area contributed by atoms with Crippen molar-refractivity contribution in [1.29, 1.82) is 0 Å². The van der Waals surface area contributed by atoms with E-state index < -0.39 is 12.0 Å². The molecule has 2 aliphatic heterocycles. The molecule has 0 aromatic carbocycles. The summed E-state index contributed by atoms with van der Waals surface area (Å²) >= 11 is 0. The molecule has 0 saturated carbocycles. The van der Waals surface area contributed by atoms with Crippen molar-refractivity contribution in [3.63, 3.8) is 0 Å². The summed E-state index contributed by atoms with van der Waals surface area (Å²) < 4.78 is 0. The van der Waals surface area contributed by atoms with Crippen LogP contribution < -0.4 is 5.32 Å². The molecule has 2 N–H and O–H groups in total. The van der Waals surface area contributed by atoms with E-state index in [4.69, 9.17) is 5.11 Å². The minimum atomic E-state index is -0.944. The number of carbonyl (C=O) groups excluding carboxylic acids is 1. The van der Waals surface area contributed by atoms with Crippen molar-refractivity contribution in [2.24, 2.45) is 0 Å². The fourth-order valence-electron chi connectivity index (χ4n) is 1.59. The summed E-state index contributed by atoms with van der Waals surface area (Å²) in [7, 11) is 2.08. The minimum Gasteiger partial charge on any atom is -0.480 e. The van der Waals surface area contributed by atoms with Crippen LogP contribution in [-0.2, 0) is 9.59 Å². The first kappa shape index (κ1) is 13.3. The second kappa shape index (κ2) is 6.12. The van der Waals surface area contributed by atoms with Gasteiger partial charge in [0.25, 0.3) is 0 Å². The van der Waals surface area contributed by atoms with Gasteiger partial charge >= 0.3 is 5.97 Å². The Morgan fingerprint density at radius 3 is 2.53 bits per heavy atom. The number of hydrogen-bond donors (Lipinski definition) is 2. The van der Waals surface area contributed by atoms with E-state index >= 15 is 0 Å². The number of nitrogens with zero attached hydrogens (tertiary/aromatic N) is 2. The van der Waals surface area contributed by atoms with E-state index in [2.05, 4.69) is 41.5 Å². The molecule has 0 bridgehead atoms. The van der Waals surface area contributed by atoms with Gasteiger partial charge in [-0.1, -0.05) is 0 Å². The molecule has 0 spiro atoms. The van der Waals surface area contributed by atoms with E-state index in [1.54, 1.807) is 0 Å². The zero-order chi connectivity index (χ0) is 12.8. The molecule has 2 rings (SSSR count). The number of carbonyl (C=O) groups is 2. The van der Waals surface area contributed by atoms with Crippen molar-refractivity contribution in [3.8, 4) is 0 Å². The van der Waals surface area contributed by atoms with Gasteiger partial charge in [-0.05, 0) is 13.3 Å². The third-order valence-electron chi connectivity index (χ3n) is 2.64. The van der Waals surface area contributed by atoms with Gasteiger partial charge in [0.1, 0.15) is 6.04 Å². The van der Waals surface area contributed by atoms with Gasteiger partial charge in [0.2, 0.25) is 5.91 Å². The summed E-state index contributed by atoms with van der Waals surface area (Å²) in [5, 5.41) is 10.6. The molecule has 2 heterocycles. The lowest BCUT2D eigenvalue weighted by molar-refractivity contribution is -0.140. The highest BCUT2D eigenvalue weighted by Gasteiger charge is 2.26. The second-order valence-corrected chi connectivity index (χ2v) is 4.10. The molecule has 6 heteroatoms. The number of nitrogens with one attached hydrogen (secondary N) is 1. The monoisotopic (exact) mass is 241 g/mol. The average molecular weight is 241 g/mol. The number of amides is 1. The Morgan fingerprint density at radius 2 is 2.29 bits per heavy atom. The number of aliphatic carboxylic acids is 1. The third-order valence-corrected chi connectivity index (χ3v) is 2.64. The summed E-state index contributed by atoms with van der Waals surface area (Å²) in [6.45, 7) is 4.32. The largest absolute Gasteiger partial charge is 0.480 e. The Labute approximate surface area is 101 Å². The van der Waals surface area contributed by atoms with Gasteiger partial charge in [-0.25, -0.2) is 4.79 Å². The van der Waals surface area contributed by atoms with E-state index in [-0.39, 0.29) is 5.91 Å². The highest BCUT2D eigenvalue weighted by atomic mass is 16.4. The molecular formula is C11H19N3O3. The highest BCUT2D eigenvalue weighted by Crippen LogP contribution is 2.05. The van der Waals surface area contributed by atoms with Crippen LogP contribution in [0, 0.1) is 0 Å². The average Bonchev–Trinajstić information content (AvgIpc) is 2.88. The first-order valence-corrected chi connectivity index (χ1v) is 5.67. The number of hydrogen-bond acceptors (Lipinski definition) is 4. The molecule has 1 atom stereocenters. The molecule has 0 aliphatic carbocycles. The zero-order valence-corrected chi connectivity index (χ0v) is 10.2. The standard InChI is InChI=1S/C6H12N2.C5H7NO3/c1-3-8-5-4-7(2)6-8;7-4-2-1-3(6-4)5(8)9/h4-5H,3,6H2,1-2H3;3H,1-2H2,(H,6,7)(H,8,9). The van der Waals surface area contributed by atoms with E-state index in [1.807, 2.05) is 0 Å². The predicted octanol–water partition coefficient (Wildman–Crippen LogP) is 0.0320. The zero-order valence-electron chi connectivity index (χ0n) is 10.2. The van der Waals surface area contributed by atoms with Crippen molar-refractivity contribution in [2.45, 2.75) is 25.8 Å². The molecule has 0 aromatic heterocycles. The quantitative estimate of drug-likeness (QED) is 0.713. The molecule has 96 valence electrons. The fourth-order valence-corrected chi connectivity index (χ4v) is 1.59. The molecule has 0 radical (unpaired) electrons. The van der Waals surface area contributed by atoms with E-state index in [9.17, 15) is 9.59 Å². The van der Waals surface area contributed by atoms with Gasteiger partial charge < -0.3 is 20.2 Å². The summed E-state index contributed by atoms with van der Waals surface area (Å²) in [4.78, 5) is 24.9. The normalized spacial score (nSPS) is 22.2. The first-order valence-electron chi connectivity index (χ1n) is 5.67. The van der Waals surface area contributed by atoms with Crippen LogP contribution in [-0.4, -0.2) is 53.1 Å². The van der Waals surface area contributed by atoms with Crippen molar-refractivity contribution in [1.82, 2.24) is 15.1 Å². The van der Waals surface area contributed by atoms with Gasteiger partial charge in [-0.15, -0.1) is 0 Å². The Bertz CT molecular complexity index is 317. The Kier molecular flexibility index (Phi) is 4.81. The summed E-state index contributed by atoms with van der Waals surface area (Å²) in [6.07, 6.45) is 4.97. The first-order chi connectivity index (χ1) is 8.02. The SMILES string of the molecule is CCN1C=CN(C)C1.O=C1CCC(C(=O)O)N1. The molecule has 6 nitrogen and oxygen atoms in total. The van der Waals surface area contributed by atoms with Crippen molar-refractivity contribution in [2.75, 3.05) is 20.3 Å². The van der Waals surface area contributed by atoms with Crippen LogP contribution in [0.3, 0.4) is 0 Å². The lowest BCUT2D eigenvalue weighted by Gasteiger charge is -2.14. The van der Waals surface area contributed by atoms with Crippen LogP contribution in [0.4, 0.5) is 0 Å². The molecule has 1 saturated heterocycles. The Hall–Kier alpha value is -1.72. The van der Waals surface area contributed by atoms with Crippen molar-refractivity contribution < 1.29 is 14.7 Å². The molecule has 17 heavy (non-hydrogen) atoms. The summed E-state index contributed by atoms with van der Waals surface area (Å²) in [5.41, 5.74) is 0. The van der Waals surface area contributed by atoms with Crippen molar-refractivity contribution >= 4 is 11.9 Å². The van der Waals surface area contributed by atoms with Gasteiger partial charge in [0.15, 0.2) is 0 Å². The van der Waals surface area contributed by atoms with Gasteiger partial charge in [-0.2, -0.15) is 0 Å².